The van der Waals surface area contributed by atoms with Crippen LogP contribution in [0.1, 0.15) is 36.3 Å². The van der Waals surface area contributed by atoms with Crippen molar-refractivity contribution in [3.63, 3.8) is 0 Å². The highest BCUT2D eigenvalue weighted by atomic mass is 32.1. The lowest BCUT2D eigenvalue weighted by molar-refractivity contribution is 0.0239. The first-order valence-corrected chi connectivity index (χ1v) is 7.48. The largest absolute Gasteiger partial charge is 0.392 e. The van der Waals surface area contributed by atoms with E-state index in [-0.39, 0.29) is 24.2 Å². The van der Waals surface area contributed by atoms with Gasteiger partial charge >= 0.3 is 0 Å². The Morgan fingerprint density at radius 2 is 1.94 bits per heavy atom. The highest BCUT2D eigenvalue weighted by Crippen LogP contribution is 2.35. The lowest BCUT2D eigenvalue weighted by Gasteiger charge is -2.23. The highest BCUT2D eigenvalue weighted by Gasteiger charge is 2.41. The maximum absolute atomic E-state index is 10.4. The molecule has 1 aromatic rings. The molecule has 5 unspecified atom stereocenters. The minimum absolute atomic E-state index is 0.132. The molecule has 0 spiro atoms. The molecule has 0 aliphatic carbocycles. The number of rotatable bonds is 3. The molecule has 0 radical (unpaired) electrons. The summed E-state index contributed by atoms with van der Waals surface area (Å²) in [6.07, 6.45) is 0.658. The van der Waals surface area contributed by atoms with Crippen LogP contribution in [0.15, 0.2) is 0 Å². The minimum atomic E-state index is -0.357. The van der Waals surface area contributed by atoms with Crippen molar-refractivity contribution in [1.82, 2.24) is 4.98 Å². The van der Waals surface area contributed by atoms with Crippen molar-refractivity contribution in [1.29, 1.82) is 0 Å². The Labute approximate surface area is 113 Å². The van der Waals surface area contributed by atoms with Crippen LogP contribution in [0.3, 0.4) is 0 Å². The van der Waals surface area contributed by atoms with Crippen LogP contribution in [-0.4, -0.2) is 28.4 Å². The van der Waals surface area contributed by atoms with Gasteiger partial charge in [0, 0.05) is 17.2 Å². The number of hydrogen-bond acceptors (Lipinski definition) is 4. The molecule has 1 saturated heterocycles. The number of aliphatic hydroxyl groups is 1. The summed E-state index contributed by atoms with van der Waals surface area (Å²) in [6.45, 7) is 10.4. The Morgan fingerprint density at radius 3 is 2.39 bits per heavy atom. The number of aromatic nitrogens is 1. The summed E-state index contributed by atoms with van der Waals surface area (Å²) in [4.78, 5) is 5.75. The zero-order valence-electron chi connectivity index (χ0n) is 11.8. The van der Waals surface area contributed by atoms with E-state index in [9.17, 15) is 5.11 Å². The first-order valence-electron chi connectivity index (χ1n) is 6.66. The van der Waals surface area contributed by atoms with E-state index in [1.165, 1.54) is 4.88 Å². The number of hydrogen-bond donors (Lipinski definition) is 1. The van der Waals surface area contributed by atoms with E-state index < -0.39 is 0 Å². The fraction of sp³-hybridized carbons (Fsp3) is 0.786. The van der Waals surface area contributed by atoms with Gasteiger partial charge in [0.15, 0.2) is 0 Å². The third-order valence-corrected chi connectivity index (χ3v) is 5.31. The van der Waals surface area contributed by atoms with Crippen molar-refractivity contribution in [3.8, 4) is 0 Å². The lowest BCUT2D eigenvalue weighted by atomic mass is 9.84. The van der Waals surface area contributed by atoms with Crippen molar-refractivity contribution in [2.24, 2.45) is 11.8 Å². The van der Waals surface area contributed by atoms with Crippen LogP contribution in [0.2, 0.25) is 0 Å². The quantitative estimate of drug-likeness (QED) is 0.917. The van der Waals surface area contributed by atoms with Crippen molar-refractivity contribution >= 4 is 11.3 Å². The lowest BCUT2D eigenvalue weighted by Crippen LogP contribution is -2.32. The summed E-state index contributed by atoms with van der Waals surface area (Å²) in [7, 11) is 0. The molecule has 102 valence electrons. The van der Waals surface area contributed by atoms with E-state index in [0.717, 1.165) is 10.7 Å². The number of aryl methyl sites for hydroxylation is 2. The maximum atomic E-state index is 10.4. The first-order chi connectivity index (χ1) is 8.40. The SMILES string of the molecule is Cc1nc(CC(O)C2C(C)OC(C)C2C)sc1C. The van der Waals surface area contributed by atoms with E-state index in [4.69, 9.17) is 4.74 Å². The summed E-state index contributed by atoms with van der Waals surface area (Å²) in [5.74, 6) is 0.613. The molecule has 1 N–H and O–H groups in total. The van der Waals surface area contributed by atoms with Crippen LogP contribution in [0.4, 0.5) is 0 Å². The van der Waals surface area contributed by atoms with Gasteiger partial charge < -0.3 is 9.84 Å². The Hall–Kier alpha value is -0.450. The van der Waals surface area contributed by atoms with Crippen LogP contribution >= 0.6 is 11.3 Å². The average molecular weight is 269 g/mol. The predicted octanol–water partition coefficient (Wildman–Crippen LogP) is 2.72. The molecular formula is C14H23NO2S. The molecule has 1 fully saturated rings. The van der Waals surface area contributed by atoms with Gasteiger partial charge in [-0.15, -0.1) is 11.3 Å². The van der Waals surface area contributed by atoms with Crippen LogP contribution < -0.4 is 0 Å². The number of aliphatic hydroxyl groups excluding tert-OH is 1. The number of ether oxygens (including phenoxy) is 1. The molecule has 2 heterocycles. The summed E-state index contributed by atoms with van der Waals surface area (Å²) >= 11 is 1.69. The molecule has 2 rings (SSSR count). The minimum Gasteiger partial charge on any atom is -0.392 e. The second kappa shape index (κ2) is 5.27. The van der Waals surface area contributed by atoms with Gasteiger partial charge in [0.05, 0.1) is 29.0 Å². The molecular weight excluding hydrogens is 246 g/mol. The first kappa shape index (κ1) is 14.0. The second-order valence-corrected chi connectivity index (χ2v) is 6.79. The molecule has 1 aliphatic rings. The molecule has 0 amide bonds. The van der Waals surface area contributed by atoms with Crippen molar-refractivity contribution in [2.75, 3.05) is 0 Å². The third-order valence-electron chi connectivity index (χ3n) is 4.22. The molecule has 0 saturated carbocycles. The van der Waals surface area contributed by atoms with Gasteiger partial charge in [-0.3, -0.25) is 0 Å². The van der Waals surface area contributed by atoms with Crippen molar-refractivity contribution in [3.05, 3.63) is 15.6 Å². The maximum Gasteiger partial charge on any atom is 0.0956 e. The molecule has 4 heteroatoms. The average Bonchev–Trinajstić information content (AvgIpc) is 2.69. The summed E-state index contributed by atoms with van der Waals surface area (Å²) in [5.41, 5.74) is 1.08. The van der Waals surface area contributed by atoms with E-state index in [1.807, 2.05) is 6.92 Å². The zero-order chi connectivity index (χ0) is 13.4. The topological polar surface area (TPSA) is 42.4 Å². The van der Waals surface area contributed by atoms with Gasteiger partial charge in [-0.05, 0) is 33.6 Å². The van der Waals surface area contributed by atoms with E-state index >= 15 is 0 Å². The van der Waals surface area contributed by atoms with E-state index in [2.05, 4.69) is 32.7 Å². The van der Waals surface area contributed by atoms with Gasteiger partial charge in [0.2, 0.25) is 0 Å². The van der Waals surface area contributed by atoms with Crippen LogP contribution in [0.5, 0.6) is 0 Å². The Kier molecular flexibility index (Phi) is 4.09. The zero-order valence-corrected chi connectivity index (χ0v) is 12.6. The van der Waals surface area contributed by atoms with E-state index in [1.54, 1.807) is 11.3 Å². The molecule has 1 aliphatic heterocycles. The molecule has 5 atom stereocenters. The van der Waals surface area contributed by atoms with Crippen LogP contribution in [-0.2, 0) is 11.2 Å². The van der Waals surface area contributed by atoms with Gasteiger partial charge in [-0.1, -0.05) is 6.92 Å². The van der Waals surface area contributed by atoms with Crippen molar-refractivity contribution in [2.45, 2.75) is 59.4 Å². The van der Waals surface area contributed by atoms with Crippen molar-refractivity contribution < 1.29 is 9.84 Å². The Morgan fingerprint density at radius 1 is 1.28 bits per heavy atom. The Balaban J connectivity index is 2.05. The normalized spacial score (nSPS) is 33.9. The van der Waals surface area contributed by atoms with Gasteiger partial charge in [-0.2, -0.15) is 0 Å². The Bertz CT molecular complexity index is 398. The monoisotopic (exact) mass is 269 g/mol. The van der Waals surface area contributed by atoms with Gasteiger partial charge in [0.1, 0.15) is 0 Å². The van der Waals surface area contributed by atoms with Crippen LogP contribution in [0.25, 0.3) is 0 Å². The third kappa shape index (κ3) is 2.60. The number of nitrogens with zero attached hydrogens (tertiary/aromatic N) is 1. The summed E-state index contributed by atoms with van der Waals surface area (Å²) in [5, 5.41) is 11.5. The van der Waals surface area contributed by atoms with Crippen LogP contribution in [0, 0.1) is 25.7 Å². The van der Waals surface area contributed by atoms with Gasteiger partial charge in [0.25, 0.3) is 0 Å². The predicted molar refractivity (Wildman–Crippen MR) is 74.0 cm³/mol. The molecule has 1 aromatic heterocycles. The van der Waals surface area contributed by atoms with E-state index in [0.29, 0.717) is 12.3 Å². The fourth-order valence-corrected chi connectivity index (χ4v) is 3.88. The smallest absolute Gasteiger partial charge is 0.0956 e. The molecule has 3 nitrogen and oxygen atoms in total. The molecule has 0 aromatic carbocycles. The molecule has 18 heavy (non-hydrogen) atoms. The summed E-state index contributed by atoms with van der Waals surface area (Å²) < 4.78 is 5.80. The number of thiazole rings is 1. The highest BCUT2D eigenvalue weighted by molar-refractivity contribution is 7.11. The summed E-state index contributed by atoms with van der Waals surface area (Å²) in [6, 6.07) is 0. The van der Waals surface area contributed by atoms with Gasteiger partial charge in [-0.25, -0.2) is 4.98 Å². The second-order valence-electron chi connectivity index (χ2n) is 5.50. The molecule has 0 bridgehead atoms. The fourth-order valence-electron chi connectivity index (χ4n) is 2.90. The standard InChI is InChI=1S/C14H23NO2S/c1-7-9(3)17-10(4)14(7)12(16)6-13-15-8(2)11(5)18-13/h7,9-10,12,14,16H,6H2,1-5H3.